The van der Waals surface area contributed by atoms with E-state index in [-0.39, 0.29) is 10.6 Å². The van der Waals surface area contributed by atoms with E-state index in [4.69, 9.17) is 23.2 Å². The van der Waals surface area contributed by atoms with Crippen LogP contribution < -0.4 is 0 Å². The highest BCUT2D eigenvalue weighted by Gasteiger charge is 2.27. The van der Waals surface area contributed by atoms with Gasteiger partial charge in [-0.25, -0.2) is 0 Å². The lowest BCUT2D eigenvalue weighted by Gasteiger charge is -1.99. The first-order valence-electron chi connectivity index (χ1n) is 3.66. The minimum Gasteiger partial charge on any atom is -0.276 e. The molecule has 0 heterocycles. The fourth-order valence-electron chi connectivity index (χ4n) is 0.994. The second kappa shape index (κ2) is 4.42. The van der Waals surface area contributed by atoms with E-state index in [2.05, 4.69) is 0 Å². The van der Waals surface area contributed by atoms with Crippen LogP contribution in [0.4, 0.5) is 11.4 Å². The molecule has 0 unspecified atom stereocenters. The minimum atomic E-state index is -1.03. The van der Waals surface area contributed by atoms with Crippen LogP contribution in [0.3, 0.4) is 0 Å². The molecule has 0 fully saturated rings. The number of nitrogens with zero attached hydrogens (tertiary/aromatic N) is 2. The van der Waals surface area contributed by atoms with E-state index in [0.717, 1.165) is 6.07 Å². The quantitative estimate of drug-likeness (QED) is 0.474. The van der Waals surface area contributed by atoms with Gasteiger partial charge in [0, 0.05) is 12.1 Å². The van der Waals surface area contributed by atoms with Crippen molar-refractivity contribution in [1.82, 2.24) is 0 Å². The van der Waals surface area contributed by atoms with Gasteiger partial charge in [0.05, 0.1) is 20.4 Å². The normalized spacial score (nSPS) is 9.88. The maximum atomic E-state index is 10.8. The van der Waals surface area contributed by atoms with Crippen LogP contribution in [0.15, 0.2) is 12.1 Å². The molecule has 16 heavy (non-hydrogen) atoms. The van der Waals surface area contributed by atoms with Gasteiger partial charge in [-0.2, -0.15) is 0 Å². The molecule has 84 valence electrons. The van der Waals surface area contributed by atoms with E-state index >= 15 is 0 Å². The van der Waals surface area contributed by atoms with Gasteiger partial charge in [-0.1, -0.05) is 11.6 Å². The van der Waals surface area contributed by atoms with E-state index in [0.29, 0.717) is 6.07 Å². The average molecular weight is 265 g/mol. The third kappa shape index (κ3) is 2.26. The molecular formula is C7H2Cl2N2O5. The third-order valence-corrected chi connectivity index (χ3v) is 2.19. The highest BCUT2D eigenvalue weighted by molar-refractivity contribution is 6.68. The fraction of sp³-hybridized carbons (Fsp3) is 0. The molecule has 0 amide bonds. The lowest BCUT2D eigenvalue weighted by atomic mass is 10.2. The van der Waals surface area contributed by atoms with E-state index in [1.54, 1.807) is 0 Å². The molecular weight excluding hydrogens is 263 g/mol. The number of carbonyl (C=O) groups excluding carboxylic acids is 1. The van der Waals surface area contributed by atoms with Crippen LogP contribution in [-0.4, -0.2) is 15.1 Å². The summed E-state index contributed by atoms with van der Waals surface area (Å²) in [6.45, 7) is 0. The summed E-state index contributed by atoms with van der Waals surface area (Å²) in [7, 11) is 0. The first kappa shape index (κ1) is 12.3. The highest BCUT2D eigenvalue weighted by Crippen LogP contribution is 2.33. The zero-order valence-corrected chi connectivity index (χ0v) is 8.86. The van der Waals surface area contributed by atoms with Crippen molar-refractivity contribution in [2.24, 2.45) is 0 Å². The lowest BCUT2D eigenvalue weighted by molar-refractivity contribution is -0.422. The molecule has 7 nitrogen and oxygen atoms in total. The maximum absolute atomic E-state index is 10.8. The molecule has 0 bridgehead atoms. The molecule has 0 atom stereocenters. The molecule has 1 aromatic carbocycles. The molecule has 0 saturated carbocycles. The fourth-order valence-corrected chi connectivity index (χ4v) is 1.44. The zero-order chi connectivity index (χ0) is 12.5. The van der Waals surface area contributed by atoms with Gasteiger partial charge >= 0.3 is 11.4 Å². The van der Waals surface area contributed by atoms with E-state index in [1.807, 2.05) is 0 Å². The van der Waals surface area contributed by atoms with Gasteiger partial charge in [0.15, 0.2) is 0 Å². The Labute approximate surface area is 97.9 Å². The monoisotopic (exact) mass is 264 g/mol. The summed E-state index contributed by atoms with van der Waals surface area (Å²) in [5.41, 5.74) is -1.98. The van der Waals surface area contributed by atoms with Crippen LogP contribution in [0.25, 0.3) is 0 Å². The van der Waals surface area contributed by atoms with Crippen molar-refractivity contribution in [3.05, 3.63) is 42.9 Å². The van der Waals surface area contributed by atoms with Crippen LogP contribution >= 0.6 is 23.2 Å². The summed E-state index contributed by atoms with van der Waals surface area (Å²) in [5.74, 6) is 0. The standard InChI is InChI=1S/C7H2Cl2N2O5/c8-4-2-6(11(15)16)5(10(13)14)1-3(4)7(9)12/h1-2H. The maximum Gasteiger partial charge on any atom is 0.347 e. The number of nitro groups is 2. The Balaban J connectivity index is 3.55. The number of rotatable bonds is 3. The molecule has 0 aromatic heterocycles. The van der Waals surface area contributed by atoms with Crippen LogP contribution in [0.1, 0.15) is 10.4 Å². The van der Waals surface area contributed by atoms with Gasteiger partial charge < -0.3 is 0 Å². The van der Waals surface area contributed by atoms with Gasteiger partial charge in [-0.15, -0.1) is 0 Å². The molecule has 0 spiro atoms. The number of hydrogen-bond acceptors (Lipinski definition) is 5. The summed E-state index contributed by atoms with van der Waals surface area (Å²) in [6.07, 6.45) is 0. The molecule has 1 aromatic rings. The molecule has 1 rings (SSSR count). The zero-order valence-electron chi connectivity index (χ0n) is 7.35. The minimum absolute atomic E-state index is 0.308. The Morgan fingerprint density at radius 2 is 1.56 bits per heavy atom. The van der Waals surface area contributed by atoms with Crippen molar-refractivity contribution in [3.63, 3.8) is 0 Å². The highest BCUT2D eigenvalue weighted by atomic mass is 35.5. The first-order valence-corrected chi connectivity index (χ1v) is 4.42. The van der Waals surface area contributed by atoms with E-state index in [1.165, 1.54) is 0 Å². The molecule has 0 radical (unpaired) electrons. The lowest BCUT2D eigenvalue weighted by Crippen LogP contribution is -2.00. The van der Waals surface area contributed by atoms with Crippen molar-refractivity contribution in [3.8, 4) is 0 Å². The number of halogens is 2. The SMILES string of the molecule is O=C(Cl)c1cc([N+](=O)[O-])c([N+](=O)[O-])cc1Cl. The molecule has 9 heteroatoms. The summed E-state index contributed by atoms with van der Waals surface area (Å²) < 4.78 is 0. The second-order valence-electron chi connectivity index (χ2n) is 2.61. The Morgan fingerprint density at radius 1 is 1.12 bits per heavy atom. The molecule has 0 aliphatic heterocycles. The van der Waals surface area contributed by atoms with Crippen LogP contribution in [0.5, 0.6) is 0 Å². The van der Waals surface area contributed by atoms with Crippen LogP contribution in [-0.2, 0) is 0 Å². The van der Waals surface area contributed by atoms with Crippen molar-refractivity contribution in [1.29, 1.82) is 0 Å². The van der Waals surface area contributed by atoms with E-state index < -0.39 is 26.5 Å². The van der Waals surface area contributed by atoms with Gasteiger partial charge in [0.25, 0.3) is 5.24 Å². The second-order valence-corrected chi connectivity index (χ2v) is 3.36. The smallest absolute Gasteiger partial charge is 0.276 e. The third-order valence-electron chi connectivity index (χ3n) is 1.67. The van der Waals surface area contributed by atoms with Gasteiger partial charge in [-0.05, 0) is 11.6 Å². The predicted octanol–water partition coefficient (Wildman–Crippen LogP) is 2.54. The molecule has 0 saturated heterocycles. The molecule has 0 aliphatic rings. The predicted molar refractivity (Wildman–Crippen MR) is 54.9 cm³/mol. The summed E-state index contributed by atoms with van der Waals surface area (Å²) >= 11 is 10.6. The van der Waals surface area contributed by atoms with Gasteiger partial charge in [-0.3, -0.25) is 25.0 Å². The summed E-state index contributed by atoms with van der Waals surface area (Å²) in [5, 5.41) is 19.7. The van der Waals surface area contributed by atoms with Gasteiger partial charge in [0.2, 0.25) is 0 Å². The number of benzene rings is 1. The Morgan fingerprint density at radius 3 is 1.94 bits per heavy atom. The van der Waals surface area contributed by atoms with Crippen molar-refractivity contribution >= 4 is 39.8 Å². The van der Waals surface area contributed by atoms with E-state index in [9.17, 15) is 25.0 Å². The van der Waals surface area contributed by atoms with Crippen LogP contribution in [0, 0.1) is 20.2 Å². The molecule has 0 N–H and O–H groups in total. The van der Waals surface area contributed by atoms with Crippen molar-refractivity contribution < 1.29 is 14.6 Å². The van der Waals surface area contributed by atoms with Crippen molar-refractivity contribution in [2.45, 2.75) is 0 Å². The number of carbonyl (C=O) groups is 1. The summed E-state index contributed by atoms with van der Waals surface area (Å²) in [4.78, 5) is 29.9. The number of nitro benzene ring substituents is 2. The average Bonchev–Trinajstić information content (AvgIpc) is 2.15. The number of hydrogen-bond donors (Lipinski definition) is 0. The largest absolute Gasteiger partial charge is 0.347 e. The molecule has 0 aliphatic carbocycles. The first-order chi connectivity index (χ1) is 7.34. The van der Waals surface area contributed by atoms with Crippen molar-refractivity contribution in [2.75, 3.05) is 0 Å². The topological polar surface area (TPSA) is 103 Å². The van der Waals surface area contributed by atoms with Gasteiger partial charge in [0.1, 0.15) is 0 Å². The Kier molecular flexibility index (Phi) is 3.41. The van der Waals surface area contributed by atoms with Crippen LogP contribution in [0.2, 0.25) is 5.02 Å². The summed E-state index contributed by atoms with van der Waals surface area (Å²) in [6, 6.07) is 1.39. The Hall–Kier alpha value is -1.73. The Bertz CT molecular complexity index is 502.